The van der Waals surface area contributed by atoms with Gasteiger partial charge in [-0.1, -0.05) is 0 Å². The SMILES string of the molecule is CC(C)(C)OC(=O)Nc1ncnc(C(F)F)c1Br. The van der Waals surface area contributed by atoms with Gasteiger partial charge in [-0.3, -0.25) is 5.32 Å². The highest BCUT2D eigenvalue weighted by molar-refractivity contribution is 9.10. The van der Waals surface area contributed by atoms with Crippen molar-refractivity contribution in [2.45, 2.75) is 32.8 Å². The molecule has 0 aliphatic rings. The highest BCUT2D eigenvalue weighted by atomic mass is 79.9. The summed E-state index contributed by atoms with van der Waals surface area (Å²) in [4.78, 5) is 18.6. The van der Waals surface area contributed by atoms with E-state index < -0.39 is 23.8 Å². The fourth-order valence-corrected chi connectivity index (χ4v) is 1.50. The van der Waals surface area contributed by atoms with Crippen LogP contribution in [-0.2, 0) is 4.74 Å². The van der Waals surface area contributed by atoms with Crippen molar-refractivity contribution in [3.05, 3.63) is 16.5 Å². The average molecular weight is 324 g/mol. The number of nitrogens with zero attached hydrogens (tertiary/aromatic N) is 2. The van der Waals surface area contributed by atoms with Gasteiger partial charge in [-0.05, 0) is 36.7 Å². The number of carbonyl (C=O) groups is 1. The van der Waals surface area contributed by atoms with Crippen LogP contribution in [-0.4, -0.2) is 21.7 Å². The minimum atomic E-state index is -2.76. The summed E-state index contributed by atoms with van der Waals surface area (Å²) in [5, 5.41) is 2.27. The first kappa shape index (κ1) is 14.7. The number of amides is 1. The maximum absolute atomic E-state index is 12.6. The van der Waals surface area contributed by atoms with Crippen molar-refractivity contribution < 1.29 is 18.3 Å². The van der Waals surface area contributed by atoms with E-state index in [1.54, 1.807) is 20.8 Å². The monoisotopic (exact) mass is 323 g/mol. The van der Waals surface area contributed by atoms with Crippen molar-refractivity contribution >= 4 is 27.8 Å². The standard InChI is InChI=1S/C10H12BrF2N3O2/c1-10(2,3)18-9(17)16-8-5(11)6(7(12)13)14-4-15-8/h4,7H,1-3H3,(H,14,15,16,17). The molecule has 0 aliphatic heterocycles. The molecule has 0 saturated heterocycles. The van der Waals surface area contributed by atoms with Gasteiger partial charge in [0, 0.05) is 0 Å². The van der Waals surface area contributed by atoms with Crippen LogP contribution in [0.5, 0.6) is 0 Å². The first-order valence-corrected chi connectivity index (χ1v) is 5.78. The summed E-state index contributed by atoms with van der Waals surface area (Å²) in [7, 11) is 0. The van der Waals surface area contributed by atoms with Gasteiger partial charge in [0.25, 0.3) is 6.43 Å². The number of carbonyl (C=O) groups excluding carboxylic acids is 1. The molecule has 1 heterocycles. The molecule has 100 valence electrons. The second-order valence-electron chi connectivity index (χ2n) is 4.35. The predicted octanol–water partition coefficient (Wildman–Crippen LogP) is 3.52. The van der Waals surface area contributed by atoms with Gasteiger partial charge in [0.05, 0.1) is 4.47 Å². The number of hydrogen-bond donors (Lipinski definition) is 1. The fourth-order valence-electron chi connectivity index (χ4n) is 1.02. The molecule has 0 bridgehead atoms. The van der Waals surface area contributed by atoms with Gasteiger partial charge in [0.15, 0.2) is 5.82 Å². The molecule has 0 saturated carbocycles. The fraction of sp³-hybridized carbons (Fsp3) is 0.500. The zero-order chi connectivity index (χ0) is 13.9. The van der Waals surface area contributed by atoms with Crippen LogP contribution in [0.15, 0.2) is 10.8 Å². The number of aromatic nitrogens is 2. The van der Waals surface area contributed by atoms with Crippen LogP contribution in [0.2, 0.25) is 0 Å². The summed E-state index contributed by atoms with van der Waals surface area (Å²) in [6.07, 6.45) is -2.59. The number of alkyl halides is 2. The van der Waals surface area contributed by atoms with Gasteiger partial charge in [0.1, 0.15) is 17.6 Å². The molecule has 0 atom stereocenters. The van der Waals surface area contributed by atoms with E-state index in [2.05, 4.69) is 31.2 Å². The van der Waals surface area contributed by atoms with Gasteiger partial charge < -0.3 is 4.74 Å². The first-order chi connectivity index (χ1) is 8.20. The lowest BCUT2D eigenvalue weighted by Gasteiger charge is -2.19. The van der Waals surface area contributed by atoms with Gasteiger partial charge in [-0.2, -0.15) is 0 Å². The Balaban J connectivity index is 2.86. The van der Waals surface area contributed by atoms with Crippen LogP contribution in [0.1, 0.15) is 32.9 Å². The third-order valence-electron chi connectivity index (χ3n) is 1.64. The molecule has 1 aromatic rings. The molecular weight excluding hydrogens is 312 g/mol. The molecule has 1 amide bonds. The molecule has 0 aliphatic carbocycles. The van der Waals surface area contributed by atoms with Crippen molar-refractivity contribution in [1.29, 1.82) is 0 Å². The molecule has 0 spiro atoms. The number of nitrogens with one attached hydrogen (secondary N) is 1. The molecule has 0 radical (unpaired) electrons. The number of anilines is 1. The highest BCUT2D eigenvalue weighted by Crippen LogP contribution is 2.29. The third kappa shape index (κ3) is 4.17. The minimum absolute atomic E-state index is 0.0606. The largest absolute Gasteiger partial charge is 0.444 e. The molecule has 1 aromatic heterocycles. The van der Waals surface area contributed by atoms with E-state index in [4.69, 9.17) is 4.74 Å². The van der Waals surface area contributed by atoms with Crippen molar-refractivity contribution in [3.8, 4) is 0 Å². The summed E-state index contributed by atoms with van der Waals surface area (Å²) in [5.41, 5.74) is -1.18. The molecule has 0 unspecified atom stereocenters. The van der Waals surface area contributed by atoms with Crippen molar-refractivity contribution in [2.24, 2.45) is 0 Å². The maximum Gasteiger partial charge on any atom is 0.413 e. The van der Waals surface area contributed by atoms with Crippen LogP contribution in [0.25, 0.3) is 0 Å². The molecule has 18 heavy (non-hydrogen) atoms. The molecule has 0 aromatic carbocycles. The van der Waals surface area contributed by atoms with Gasteiger partial charge in [0.2, 0.25) is 0 Å². The van der Waals surface area contributed by atoms with Crippen LogP contribution in [0.3, 0.4) is 0 Å². The summed E-state index contributed by atoms with van der Waals surface area (Å²) < 4.78 is 30.0. The predicted molar refractivity (Wildman–Crippen MR) is 64.5 cm³/mol. The quantitative estimate of drug-likeness (QED) is 0.904. The molecule has 1 N–H and O–H groups in total. The Labute approximate surface area is 111 Å². The highest BCUT2D eigenvalue weighted by Gasteiger charge is 2.21. The number of halogens is 3. The van der Waals surface area contributed by atoms with Crippen LogP contribution >= 0.6 is 15.9 Å². The Morgan fingerprint density at radius 2 is 2.06 bits per heavy atom. The van der Waals surface area contributed by atoms with Crippen LogP contribution in [0, 0.1) is 0 Å². The Hall–Kier alpha value is -1.31. The molecule has 5 nitrogen and oxygen atoms in total. The topological polar surface area (TPSA) is 64.1 Å². The normalized spacial score (nSPS) is 11.5. The van der Waals surface area contributed by atoms with Crippen molar-refractivity contribution in [3.63, 3.8) is 0 Å². The second-order valence-corrected chi connectivity index (χ2v) is 5.14. The lowest BCUT2D eigenvalue weighted by Crippen LogP contribution is -2.27. The Morgan fingerprint density at radius 3 is 2.56 bits per heavy atom. The van der Waals surface area contributed by atoms with E-state index in [-0.39, 0.29) is 10.3 Å². The second kappa shape index (κ2) is 5.55. The zero-order valence-corrected chi connectivity index (χ0v) is 11.6. The van der Waals surface area contributed by atoms with Crippen molar-refractivity contribution in [1.82, 2.24) is 9.97 Å². The van der Waals surface area contributed by atoms with E-state index in [0.29, 0.717) is 0 Å². The van der Waals surface area contributed by atoms with E-state index in [0.717, 1.165) is 6.33 Å². The Bertz CT molecular complexity index is 449. The zero-order valence-electron chi connectivity index (χ0n) is 10.00. The molecular formula is C10H12BrF2N3O2. The molecule has 1 rings (SSSR count). The van der Waals surface area contributed by atoms with E-state index >= 15 is 0 Å². The third-order valence-corrected chi connectivity index (χ3v) is 2.42. The average Bonchev–Trinajstić information content (AvgIpc) is 2.17. The van der Waals surface area contributed by atoms with Gasteiger partial charge in [-0.15, -0.1) is 0 Å². The summed E-state index contributed by atoms with van der Waals surface area (Å²) >= 11 is 2.91. The Morgan fingerprint density at radius 1 is 1.44 bits per heavy atom. The van der Waals surface area contributed by atoms with Crippen LogP contribution < -0.4 is 5.32 Å². The van der Waals surface area contributed by atoms with E-state index in [1.807, 2.05) is 0 Å². The molecule has 0 fully saturated rings. The lowest BCUT2D eigenvalue weighted by atomic mass is 10.2. The van der Waals surface area contributed by atoms with E-state index in [1.165, 1.54) is 0 Å². The maximum atomic E-state index is 12.6. The van der Waals surface area contributed by atoms with E-state index in [9.17, 15) is 13.6 Å². The first-order valence-electron chi connectivity index (χ1n) is 4.99. The van der Waals surface area contributed by atoms with Gasteiger partial charge in [-0.25, -0.2) is 23.5 Å². The lowest BCUT2D eigenvalue weighted by molar-refractivity contribution is 0.0635. The number of hydrogen-bond acceptors (Lipinski definition) is 4. The minimum Gasteiger partial charge on any atom is -0.444 e. The van der Waals surface area contributed by atoms with Crippen LogP contribution in [0.4, 0.5) is 19.4 Å². The molecule has 8 heteroatoms. The smallest absolute Gasteiger partial charge is 0.413 e. The number of ether oxygens (including phenoxy) is 1. The van der Waals surface area contributed by atoms with Gasteiger partial charge >= 0.3 is 6.09 Å². The number of rotatable bonds is 2. The Kier molecular flexibility index (Phi) is 4.55. The summed E-state index contributed by atoms with van der Waals surface area (Å²) in [5.74, 6) is -0.0606. The summed E-state index contributed by atoms with van der Waals surface area (Å²) in [6, 6.07) is 0. The summed E-state index contributed by atoms with van der Waals surface area (Å²) in [6.45, 7) is 5.06. The van der Waals surface area contributed by atoms with Crippen molar-refractivity contribution in [2.75, 3.05) is 5.32 Å².